The number of rotatable bonds is 3. The average molecular weight is 276 g/mol. The molecule has 2 rings (SSSR count). The van der Waals surface area contributed by atoms with Crippen LogP contribution in [0.5, 0.6) is 0 Å². The van der Waals surface area contributed by atoms with Crippen LogP contribution in [0.1, 0.15) is 30.2 Å². The fourth-order valence-corrected chi connectivity index (χ4v) is 1.86. The molecule has 0 saturated carbocycles. The number of hydrogen-bond acceptors (Lipinski definition) is 3. The van der Waals surface area contributed by atoms with Crippen LogP contribution in [0.2, 0.25) is 0 Å². The topological polar surface area (TPSA) is 61.1 Å². The molecule has 0 bridgehead atoms. The molecule has 0 radical (unpaired) electrons. The lowest BCUT2D eigenvalue weighted by Crippen LogP contribution is -2.40. The Hall–Kier alpha value is -2.50. The van der Waals surface area contributed by atoms with Crippen LogP contribution in [0.15, 0.2) is 40.1 Å². The molecule has 20 heavy (non-hydrogen) atoms. The SMILES string of the molecule is CC(C)n1cc(C=O)c(=O)n(-c2ccc(F)cc2)c1=O. The van der Waals surface area contributed by atoms with Gasteiger partial charge in [-0.25, -0.2) is 13.8 Å². The number of hydrogen-bond donors (Lipinski definition) is 0. The summed E-state index contributed by atoms with van der Waals surface area (Å²) in [5, 5.41) is 0. The molecule has 1 aromatic heterocycles. The highest BCUT2D eigenvalue weighted by molar-refractivity contribution is 5.73. The van der Waals surface area contributed by atoms with Crippen molar-refractivity contribution >= 4 is 6.29 Å². The Morgan fingerprint density at radius 2 is 1.75 bits per heavy atom. The third-order valence-electron chi connectivity index (χ3n) is 2.91. The van der Waals surface area contributed by atoms with Crippen LogP contribution in [-0.2, 0) is 0 Å². The molecule has 0 saturated heterocycles. The van der Waals surface area contributed by atoms with E-state index in [4.69, 9.17) is 0 Å². The average Bonchev–Trinajstić information content (AvgIpc) is 2.41. The van der Waals surface area contributed by atoms with Crippen molar-refractivity contribution in [2.45, 2.75) is 19.9 Å². The molecule has 0 fully saturated rings. The number of halogens is 1. The molecule has 5 nitrogen and oxygen atoms in total. The summed E-state index contributed by atoms with van der Waals surface area (Å²) in [6.07, 6.45) is 1.64. The molecule has 1 heterocycles. The molecule has 104 valence electrons. The quantitative estimate of drug-likeness (QED) is 0.799. The third kappa shape index (κ3) is 2.32. The van der Waals surface area contributed by atoms with Gasteiger partial charge in [0.25, 0.3) is 5.56 Å². The van der Waals surface area contributed by atoms with Gasteiger partial charge >= 0.3 is 5.69 Å². The van der Waals surface area contributed by atoms with E-state index < -0.39 is 17.1 Å². The number of carbonyl (C=O) groups excluding carboxylic acids is 1. The van der Waals surface area contributed by atoms with Crippen molar-refractivity contribution in [3.05, 3.63) is 62.7 Å². The minimum Gasteiger partial charge on any atom is -0.298 e. The summed E-state index contributed by atoms with van der Waals surface area (Å²) in [6, 6.07) is 4.71. The van der Waals surface area contributed by atoms with Crippen LogP contribution >= 0.6 is 0 Å². The van der Waals surface area contributed by atoms with Gasteiger partial charge in [-0.3, -0.25) is 14.2 Å². The molecule has 0 amide bonds. The van der Waals surface area contributed by atoms with Gasteiger partial charge in [0.1, 0.15) is 5.82 Å². The van der Waals surface area contributed by atoms with Gasteiger partial charge in [0, 0.05) is 12.2 Å². The van der Waals surface area contributed by atoms with E-state index in [1.54, 1.807) is 13.8 Å². The number of nitrogens with zero attached hydrogens (tertiary/aromatic N) is 2. The molecule has 0 aliphatic rings. The lowest BCUT2D eigenvalue weighted by Gasteiger charge is -2.13. The number of aromatic nitrogens is 2. The molecule has 1 aromatic carbocycles. The van der Waals surface area contributed by atoms with E-state index in [2.05, 4.69) is 0 Å². The second-order valence-corrected chi connectivity index (χ2v) is 4.60. The van der Waals surface area contributed by atoms with Crippen LogP contribution in [0.3, 0.4) is 0 Å². The Labute approximate surface area is 113 Å². The second kappa shape index (κ2) is 5.24. The summed E-state index contributed by atoms with van der Waals surface area (Å²) in [7, 11) is 0. The van der Waals surface area contributed by atoms with Gasteiger partial charge in [-0.1, -0.05) is 0 Å². The zero-order chi connectivity index (χ0) is 14.9. The normalized spacial score (nSPS) is 10.8. The predicted molar refractivity (Wildman–Crippen MR) is 72.0 cm³/mol. The van der Waals surface area contributed by atoms with E-state index in [1.165, 1.54) is 22.9 Å². The second-order valence-electron chi connectivity index (χ2n) is 4.60. The van der Waals surface area contributed by atoms with Gasteiger partial charge < -0.3 is 0 Å². The summed E-state index contributed by atoms with van der Waals surface area (Å²) in [5.74, 6) is -0.475. The summed E-state index contributed by atoms with van der Waals surface area (Å²) in [5.41, 5.74) is -1.18. The molecule has 0 aliphatic heterocycles. The molecule has 0 N–H and O–H groups in total. The molecule has 0 spiro atoms. The first-order valence-electron chi connectivity index (χ1n) is 6.05. The Morgan fingerprint density at radius 1 is 1.15 bits per heavy atom. The zero-order valence-corrected chi connectivity index (χ0v) is 11.0. The van der Waals surface area contributed by atoms with Crippen molar-refractivity contribution in [3.63, 3.8) is 0 Å². The lowest BCUT2D eigenvalue weighted by atomic mass is 10.2. The maximum atomic E-state index is 12.9. The maximum Gasteiger partial charge on any atom is 0.335 e. The first-order valence-corrected chi connectivity index (χ1v) is 6.05. The van der Waals surface area contributed by atoms with Gasteiger partial charge in [-0.2, -0.15) is 0 Å². The smallest absolute Gasteiger partial charge is 0.298 e. The minimum atomic E-state index is -0.714. The summed E-state index contributed by atoms with van der Waals surface area (Å²) in [6.45, 7) is 3.52. The highest BCUT2D eigenvalue weighted by Crippen LogP contribution is 2.06. The van der Waals surface area contributed by atoms with Gasteiger partial charge in [0.2, 0.25) is 0 Å². The monoisotopic (exact) mass is 276 g/mol. The van der Waals surface area contributed by atoms with Crippen LogP contribution in [0, 0.1) is 5.82 Å². The Kier molecular flexibility index (Phi) is 3.65. The Bertz CT molecular complexity index is 757. The largest absolute Gasteiger partial charge is 0.335 e. The Balaban J connectivity index is 2.84. The maximum absolute atomic E-state index is 12.9. The van der Waals surface area contributed by atoms with E-state index in [1.807, 2.05) is 0 Å². The number of aldehydes is 1. The molecule has 2 aromatic rings. The molecular formula is C14H13FN2O3. The molecule has 0 aliphatic carbocycles. The fraction of sp³-hybridized carbons (Fsp3) is 0.214. The van der Waals surface area contributed by atoms with Crippen molar-refractivity contribution in [1.29, 1.82) is 0 Å². The van der Waals surface area contributed by atoms with Crippen molar-refractivity contribution in [1.82, 2.24) is 9.13 Å². The van der Waals surface area contributed by atoms with E-state index in [9.17, 15) is 18.8 Å². The fourth-order valence-electron chi connectivity index (χ4n) is 1.86. The summed E-state index contributed by atoms with van der Waals surface area (Å²) in [4.78, 5) is 35.4. The van der Waals surface area contributed by atoms with Crippen molar-refractivity contribution in [3.8, 4) is 5.69 Å². The third-order valence-corrected chi connectivity index (χ3v) is 2.91. The first kappa shape index (κ1) is 13.9. The standard InChI is InChI=1S/C14H13FN2O3/c1-9(2)16-7-10(8-18)13(19)17(14(16)20)12-5-3-11(15)4-6-12/h3-9H,1-2H3. The molecular weight excluding hydrogens is 263 g/mol. The van der Waals surface area contributed by atoms with Crippen LogP contribution in [-0.4, -0.2) is 15.4 Å². The van der Waals surface area contributed by atoms with E-state index in [0.29, 0.717) is 6.29 Å². The van der Waals surface area contributed by atoms with E-state index in [-0.39, 0.29) is 17.3 Å². The summed E-state index contributed by atoms with van der Waals surface area (Å²) >= 11 is 0. The Morgan fingerprint density at radius 3 is 2.25 bits per heavy atom. The van der Waals surface area contributed by atoms with Crippen molar-refractivity contribution < 1.29 is 9.18 Å². The van der Waals surface area contributed by atoms with Gasteiger partial charge in [0.05, 0.1) is 11.3 Å². The predicted octanol–water partition coefficient (Wildman–Crippen LogP) is 1.53. The highest BCUT2D eigenvalue weighted by atomic mass is 19.1. The van der Waals surface area contributed by atoms with Crippen LogP contribution in [0.4, 0.5) is 4.39 Å². The highest BCUT2D eigenvalue weighted by Gasteiger charge is 2.14. The van der Waals surface area contributed by atoms with Crippen LogP contribution in [0.25, 0.3) is 5.69 Å². The zero-order valence-electron chi connectivity index (χ0n) is 11.0. The minimum absolute atomic E-state index is 0.123. The number of benzene rings is 1. The van der Waals surface area contributed by atoms with E-state index >= 15 is 0 Å². The van der Waals surface area contributed by atoms with Crippen molar-refractivity contribution in [2.75, 3.05) is 0 Å². The van der Waals surface area contributed by atoms with Crippen molar-refractivity contribution in [2.24, 2.45) is 0 Å². The first-order chi connectivity index (χ1) is 9.45. The number of carbonyl (C=O) groups is 1. The van der Waals surface area contributed by atoms with Gasteiger partial charge in [0.15, 0.2) is 6.29 Å². The van der Waals surface area contributed by atoms with Crippen LogP contribution < -0.4 is 11.2 Å². The van der Waals surface area contributed by atoms with Gasteiger partial charge in [-0.15, -0.1) is 0 Å². The van der Waals surface area contributed by atoms with Gasteiger partial charge in [-0.05, 0) is 38.1 Å². The summed E-state index contributed by atoms with van der Waals surface area (Å²) < 4.78 is 15.1. The molecule has 0 unspecified atom stereocenters. The van der Waals surface area contributed by atoms with E-state index in [0.717, 1.165) is 16.7 Å². The molecule has 6 heteroatoms. The lowest BCUT2D eigenvalue weighted by molar-refractivity contribution is 0.112. The molecule has 0 atom stereocenters.